The number of carbonyl (C=O) groups excluding carboxylic acids is 1. The Balaban J connectivity index is 1.45. The summed E-state index contributed by atoms with van der Waals surface area (Å²) in [5.41, 5.74) is -0.00136. The van der Waals surface area contributed by atoms with Gasteiger partial charge in [0, 0.05) is 37.9 Å². The van der Waals surface area contributed by atoms with Crippen molar-refractivity contribution in [3.63, 3.8) is 0 Å². The van der Waals surface area contributed by atoms with Crippen LogP contribution in [0.2, 0.25) is 0 Å². The molecule has 1 N–H and O–H groups in total. The van der Waals surface area contributed by atoms with Gasteiger partial charge in [-0.05, 0) is 31.6 Å². The summed E-state index contributed by atoms with van der Waals surface area (Å²) in [6.07, 6.45) is 12.3. The van der Waals surface area contributed by atoms with E-state index in [4.69, 9.17) is 0 Å². The molecule has 6 heteroatoms. The summed E-state index contributed by atoms with van der Waals surface area (Å²) < 4.78 is 1.67. The number of carbonyl (C=O) groups is 1. The minimum Gasteiger partial charge on any atom is -0.335 e. The third kappa shape index (κ3) is 4.58. The molecule has 0 atom stereocenters. The molecule has 1 saturated carbocycles. The SMILES string of the molecule is O=C(NC1CCCCCC1)N1CCC(Cn2cnccc2=O)CC1. The van der Waals surface area contributed by atoms with Crippen molar-refractivity contribution in [2.24, 2.45) is 5.92 Å². The fourth-order valence-electron chi connectivity index (χ4n) is 3.80. The van der Waals surface area contributed by atoms with Gasteiger partial charge in [-0.15, -0.1) is 0 Å². The Kier molecular flexibility index (Phi) is 5.88. The van der Waals surface area contributed by atoms with Crippen LogP contribution in [0.5, 0.6) is 0 Å². The Morgan fingerprint density at radius 1 is 1.12 bits per heavy atom. The van der Waals surface area contributed by atoms with E-state index in [9.17, 15) is 9.59 Å². The minimum absolute atomic E-state index is 0.00136. The van der Waals surface area contributed by atoms with Crippen LogP contribution in [0.3, 0.4) is 0 Å². The molecule has 1 aromatic rings. The van der Waals surface area contributed by atoms with E-state index in [1.54, 1.807) is 10.9 Å². The molecule has 1 saturated heterocycles. The van der Waals surface area contributed by atoms with E-state index in [1.807, 2.05) is 4.90 Å². The van der Waals surface area contributed by atoms with Crippen molar-refractivity contribution in [3.8, 4) is 0 Å². The Morgan fingerprint density at radius 2 is 1.83 bits per heavy atom. The normalized spacial score (nSPS) is 20.6. The molecular weight excluding hydrogens is 304 g/mol. The van der Waals surface area contributed by atoms with E-state index in [2.05, 4.69) is 10.3 Å². The molecule has 0 spiro atoms. The quantitative estimate of drug-likeness (QED) is 0.864. The number of aromatic nitrogens is 2. The third-order valence-electron chi connectivity index (χ3n) is 5.33. The molecule has 0 unspecified atom stereocenters. The first-order valence-corrected chi connectivity index (χ1v) is 9.28. The van der Waals surface area contributed by atoms with Crippen LogP contribution in [0.25, 0.3) is 0 Å². The number of hydrogen-bond donors (Lipinski definition) is 1. The second kappa shape index (κ2) is 8.31. The van der Waals surface area contributed by atoms with Gasteiger partial charge in [0.15, 0.2) is 0 Å². The van der Waals surface area contributed by atoms with Crippen molar-refractivity contribution in [1.82, 2.24) is 19.8 Å². The molecule has 3 rings (SSSR count). The molecule has 0 aromatic carbocycles. The van der Waals surface area contributed by atoms with E-state index < -0.39 is 0 Å². The van der Waals surface area contributed by atoms with Gasteiger partial charge in [0.1, 0.15) is 0 Å². The molecule has 132 valence electrons. The molecule has 2 fully saturated rings. The zero-order valence-corrected chi connectivity index (χ0v) is 14.3. The third-order valence-corrected chi connectivity index (χ3v) is 5.33. The molecule has 0 bridgehead atoms. The van der Waals surface area contributed by atoms with Crippen LogP contribution in [0.15, 0.2) is 23.4 Å². The average Bonchev–Trinajstić information content (AvgIpc) is 2.86. The van der Waals surface area contributed by atoms with E-state index in [0.29, 0.717) is 18.5 Å². The summed E-state index contributed by atoms with van der Waals surface area (Å²) in [6, 6.07) is 1.94. The second-order valence-corrected chi connectivity index (χ2v) is 7.14. The molecule has 24 heavy (non-hydrogen) atoms. The number of nitrogens with one attached hydrogen (secondary N) is 1. The summed E-state index contributed by atoms with van der Waals surface area (Å²) in [7, 11) is 0. The molecule has 0 radical (unpaired) electrons. The molecule has 1 aromatic heterocycles. The Morgan fingerprint density at radius 3 is 2.50 bits per heavy atom. The maximum Gasteiger partial charge on any atom is 0.317 e. The van der Waals surface area contributed by atoms with Gasteiger partial charge in [-0.1, -0.05) is 25.7 Å². The lowest BCUT2D eigenvalue weighted by molar-refractivity contribution is 0.161. The highest BCUT2D eigenvalue weighted by Gasteiger charge is 2.25. The standard InChI is InChI=1S/C18H28N4O2/c23-17-7-10-19-14-22(17)13-15-8-11-21(12-9-15)18(24)20-16-5-3-1-2-4-6-16/h7,10,14-16H,1-6,8-9,11-13H2,(H,20,24). The van der Waals surface area contributed by atoms with Crippen molar-refractivity contribution in [1.29, 1.82) is 0 Å². The first-order valence-electron chi connectivity index (χ1n) is 9.28. The number of likely N-dealkylation sites (tertiary alicyclic amines) is 1. The number of amides is 2. The van der Waals surface area contributed by atoms with Gasteiger partial charge in [-0.2, -0.15) is 0 Å². The van der Waals surface area contributed by atoms with Crippen LogP contribution in [0.4, 0.5) is 4.79 Å². The van der Waals surface area contributed by atoms with Crippen molar-refractivity contribution < 1.29 is 4.79 Å². The van der Waals surface area contributed by atoms with Gasteiger partial charge < -0.3 is 10.2 Å². The van der Waals surface area contributed by atoms with Gasteiger partial charge in [0.2, 0.25) is 0 Å². The highest BCUT2D eigenvalue weighted by atomic mass is 16.2. The summed E-state index contributed by atoms with van der Waals surface area (Å²) >= 11 is 0. The van der Waals surface area contributed by atoms with E-state index in [0.717, 1.165) is 38.8 Å². The summed E-state index contributed by atoms with van der Waals surface area (Å²) in [5, 5.41) is 3.22. The van der Waals surface area contributed by atoms with Crippen LogP contribution in [0.1, 0.15) is 51.4 Å². The molecule has 1 aliphatic carbocycles. The average molecular weight is 332 g/mol. The zero-order chi connectivity index (χ0) is 16.8. The van der Waals surface area contributed by atoms with Gasteiger partial charge in [-0.25, -0.2) is 9.78 Å². The van der Waals surface area contributed by atoms with E-state index in [1.165, 1.54) is 37.9 Å². The highest BCUT2D eigenvalue weighted by Crippen LogP contribution is 2.20. The Hall–Kier alpha value is -1.85. The maximum atomic E-state index is 12.4. The monoisotopic (exact) mass is 332 g/mol. The fraction of sp³-hybridized carbons (Fsp3) is 0.722. The van der Waals surface area contributed by atoms with E-state index >= 15 is 0 Å². The van der Waals surface area contributed by atoms with Crippen molar-refractivity contribution >= 4 is 6.03 Å². The van der Waals surface area contributed by atoms with Crippen molar-refractivity contribution in [3.05, 3.63) is 28.9 Å². The van der Waals surface area contributed by atoms with Crippen LogP contribution >= 0.6 is 0 Å². The molecule has 6 nitrogen and oxygen atoms in total. The van der Waals surface area contributed by atoms with Gasteiger partial charge in [-0.3, -0.25) is 9.36 Å². The Bertz CT molecular complexity index is 585. The molecular formula is C18H28N4O2. The lowest BCUT2D eigenvalue weighted by Gasteiger charge is -2.33. The van der Waals surface area contributed by atoms with Gasteiger partial charge in [0.05, 0.1) is 6.33 Å². The molecule has 2 heterocycles. The number of urea groups is 1. The molecule has 1 aliphatic heterocycles. The van der Waals surface area contributed by atoms with Crippen LogP contribution in [-0.2, 0) is 6.54 Å². The first-order chi connectivity index (χ1) is 11.7. The second-order valence-electron chi connectivity index (χ2n) is 7.14. The summed E-state index contributed by atoms with van der Waals surface area (Å²) in [6.45, 7) is 2.25. The molecule has 2 aliphatic rings. The minimum atomic E-state index is -0.00136. The fourth-order valence-corrected chi connectivity index (χ4v) is 3.80. The Labute approximate surface area is 143 Å². The maximum absolute atomic E-state index is 12.4. The predicted octanol–water partition coefficient (Wildman–Crippen LogP) is 2.39. The summed E-state index contributed by atoms with van der Waals surface area (Å²) in [5.74, 6) is 0.439. The van der Waals surface area contributed by atoms with Crippen LogP contribution in [-0.4, -0.2) is 39.6 Å². The first kappa shape index (κ1) is 17.0. The van der Waals surface area contributed by atoms with Crippen LogP contribution < -0.4 is 10.9 Å². The van der Waals surface area contributed by atoms with Crippen LogP contribution in [0, 0.1) is 5.92 Å². The van der Waals surface area contributed by atoms with E-state index in [-0.39, 0.29) is 11.6 Å². The number of rotatable bonds is 3. The zero-order valence-electron chi connectivity index (χ0n) is 14.3. The van der Waals surface area contributed by atoms with Gasteiger partial charge >= 0.3 is 6.03 Å². The highest BCUT2D eigenvalue weighted by molar-refractivity contribution is 5.74. The largest absolute Gasteiger partial charge is 0.335 e. The predicted molar refractivity (Wildman–Crippen MR) is 92.8 cm³/mol. The van der Waals surface area contributed by atoms with Gasteiger partial charge in [0.25, 0.3) is 5.56 Å². The lowest BCUT2D eigenvalue weighted by atomic mass is 9.97. The molecule has 2 amide bonds. The number of nitrogens with zero attached hydrogens (tertiary/aromatic N) is 3. The van der Waals surface area contributed by atoms with Crippen molar-refractivity contribution in [2.75, 3.05) is 13.1 Å². The number of hydrogen-bond acceptors (Lipinski definition) is 3. The summed E-state index contributed by atoms with van der Waals surface area (Å²) in [4.78, 5) is 30.2. The smallest absolute Gasteiger partial charge is 0.317 e. The topological polar surface area (TPSA) is 67.2 Å². The van der Waals surface area contributed by atoms with Crippen molar-refractivity contribution in [2.45, 2.75) is 64.0 Å². The lowest BCUT2D eigenvalue weighted by Crippen LogP contribution is -2.48. The number of piperidine rings is 1.